The summed E-state index contributed by atoms with van der Waals surface area (Å²) in [5, 5.41) is 0. The van der Waals surface area contributed by atoms with Crippen LogP contribution in [0.15, 0.2) is 21.2 Å². The maximum atomic E-state index is 12.5. The molecule has 2 aliphatic rings. The Morgan fingerprint density at radius 3 is 2.47 bits per heavy atom. The molecule has 1 saturated heterocycles. The molecule has 0 radical (unpaired) electrons. The Morgan fingerprint density at radius 1 is 1.26 bits per heavy atom. The van der Waals surface area contributed by atoms with Crippen LogP contribution in [0.1, 0.15) is 29.8 Å². The minimum absolute atomic E-state index is 0.0805. The van der Waals surface area contributed by atoms with Crippen molar-refractivity contribution >= 4 is 31.7 Å². The molecule has 1 aliphatic carbocycles. The predicted molar refractivity (Wildman–Crippen MR) is 72.7 cm³/mol. The highest BCUT2D eigenvalue weighted by Gasteiger charge is 2.43. The molecule has 0 N–H and O–H groups in total. The van der Waals surface area contributed by atoms with E-state index in [2.05, 4.69) is 15.9 Å². The molecule has 3 rings (SSSR count). The first kappa shape index (κ1) is 13.2. The summed E-state index contributed by atoms with van der Waals surface area (Å²) in [6, 6.07) is 3.26. The van der Waals surface area contributed by atoms with Crippen LogP contribution in [0.2, 0.25) is 0 Å². The van der Waals surface area contributed by atoms with E-state index >= 15 is 0 Å². The summed E-state index contributed by atoms with van der Waals surface area (Å²) in [5.41, 5.74) is 0. The Morgan fingerprint density at radius 2 is 2.00 bits per heavy atom. The Hall–Kier alpha value is -0.820. The van der Waals surface area contributed by atoms with Crippen molar-refractivity contribution in [3.8, 4) is 0 Å². The number of amides is 1. The second-order valence-corrected chi connectivity index (χ2v) is 8.11. The van der Waals surface area contributed by atoms with Crippen molar-refractivity contribution in [3.63, 3.8) is 0 Å². The molecule has 1 aromatic heterocycles. The lowest BCUT2D eigenvalue weighted by atomic mass is 10.2. The van der Waals surface area contributed by atoms with Crippen molar-refractivity contribution in [3.05, 3.63) is 22.6 Å². The summed E-state index contributed by atoms with van der Waals surface area (Å²) in [6.45, 7) is 0. The third kappa shape index (κ3) is 2.72. The van der Waals surface area contributed by atoms with E-state index in [0.717, 1.165) is 12.8 Å². The van der Waals surface area contributed by atoms with Gasteiger partial charge < -0.3 is 9.32 Å². The van der Waals surface area contributed by atoms with Gasteiger partial charge in [0.05, 0.1) is 11.5 Å². The number of nitrogens with zero attached hydrogens (tertiary/aromatic N) is 1. The predicted octanol–water partition coefficient (Wildman–Crippen LogP) is 1.83. The lowest BCUT2D eigenvalue weighted by Gasteiger charge is -2.27. The lowest BCUT2D eigenvalue weighted by Crippen LogP contribution is -2.42. The standard InChI is InChI=1S/C12H14BrNO4S/c13-11-4-3-10(18-11)12(15)14(8-1-2-8)9-5-6-19(16,17)7-9/h3-4,8-9H,1-2,5-7H2. The molecule has 7 heteroatoms. The van der Waals surface area contributed by atoms with Crippen LogP contribution in [-0.4, -0.2) is 42.8 Å². The number of carbonyl (C=O) groups excluding carboxylic acids is 1. The van der Waals surface area contributed by atoms with Gasteiger partial charge in [-0.1, -0.05) is 0 Å². The SMILES string of the molecule is O=C(c1ccc(Br)o1)N(C1CC1)C1CCS(=O)(=O)C1. The molecule has 2 fully saturated rings. The number of hydrogen-bond acceptors (Lipinski definition) is 4. The topological polar surface area (TPSA) is 67.6 Å². The molecular formula is C12H14BrNO4S. The fraction of sp³-hybridized carbons (Fsp3) is 0.583. The summed E-state index contributed by atoms with van der Waals surface area (Å²) < 4.78 is 29.0. The first-order valence-electron chi connectivity index (χ1n) is 6.25. The van der Waals surface area contributed by atoms with Gasteiger partial charge in [-0.2, -0.15) is 0 Å². The Bertz CT molecular complexity index is 605. The van der Waals surface area contributed by atoms with Crippen LogP contribution >= 0.6 is 15.9 Å². The van der Waals surface area contributed by atoms with Gasteiger partial charge in [0.25, 0.3) is 5.91 Å². The fourth-order valence-corrected chi connectivity index (χ4v) is 4.55. The molecule has 0 spiro atoms. The highest BCUT2D eigenvalue weighted by Crippen LogP contribution is 2.34. The smallest absolute Gasteiger partial charge is 0.290 e. The summed E-state index contributed by atoms with van der Waals surface area (Å²) in [7, 11) is -2.99. The average Bonchev–Trinajstić information content (AvgIpc) is 2.96. The number of rotatable bonds is 3. The van der Waals surface area contributed by atoms with Crippen LogP contribution in [0.4, 0.5) is 0 Å². The second kappa shape index (κ2) is 4.63. The first-order chi connectivity index (χ1) is 8.96. The number of sulfone groups is 1. The van der Waals surface area contributed by atoms with Crippen molar-refractivity contribution < 1.29 is 17.6 Å². The van der Waals surface area contributed by atoms with Gasteiger partial charge >= 0.3 is 0 Å². The molecule has 19 heavy (non-hydrogen) atoms. The van der Waals surface area contributed by atoms with Crippen LogP contribution in [0, 0.1) is 0 Å². The summed E-state index contributed by atoms with van der Waals surface area (Å²) >= 11 is 3.17. The quantitative estimate of drug-likeness (QED) is 0.836. The lowest BCUT2D eigenvalue weighted by molar-refractivity contribution is 0.0646. The maximum Gasteiger partial charge on any atom is 0.290 e. The molecule has 0 bridgehead atoms. The fourth-order valence-electron chi connectivity index (χ4n) is 2.53. The summed E-state index contributed by atoms with van der Waals surface area (Å²) in [6.07, 6.45) is 2.43. The van der Waals surface area contributed by atoms with E-state index in [0.29, 0.717) is 11.1 Å². The van der Waals surface area contributed by atoms with Gasteiger partial charge in [-0.15, -0.1) is 0 Å². The third-order valence-corrected chi connectivity index (χ3v) is 5.74. The molecule has 0 aromatic carbocycles. The van der Waals surface area contributed by atoms with Crippen LogP contribution in [0.3, 0.4) is 0 Å². The molecule has 1 atom stereocenters. The Balaban J connectivity index is 1.84. The molecular weight excluding hydrogens is 334 g/mol. The van der Waals surface area contributed by atoms with E-state index in [-0.39, 0.29) is 35.3 Å². The first-order valence-corrected chi connectivity index (χ1v) is 8.86. The molecule has 1 amide bonds. The minimum Gasteiger partial charge on any atom is -0.444 e. The van der Waals surface area contributed by atoms with Gasteiger partial charge in [-0.3, -0.25) is 4.79 Å². The third-order valence-electron chi connectivity index (χ3n) is 3.56. The molecule has 1 unspecified atom stereocenters. The monoisotopic (exact) mass is 347 g/mol. The van der Waals surface area contributed by atoms with Crippen molar-refractivity contribution in [2.24, 2.45) is 0 Å². The second-order valence-electron chi connectivity index (χ2n) is 5.10. The van der Waals surface area contributed by atoms with Gasteiger partial charge in [0.15, 0.2) is 20.3 Å². The van der Waals surface area contributed by atoms with Gasteiger partial charge in [-0.25, -0.2) is 8.42 Å². The van der Waals surface area contributed by atoms with E-state index in [1.807, 2.05) is 0 Å². The highest BCUT2D eigenvalue weighted by atomic mass is 79.9. The van der Waals surface area contributed by atoms with Crippen LogP contribution < -0.4 is 0 Å². The van der Waals surface area contributed by atoms with Crippen LogP contribution in [0.25, 0.3) is 0 Å². The molecule has 104 valence electrons. The minimum atomic E-state index is -2.99. The zero-order valence-corrected chi connectivity index (χ0v) is 12.6. The highest BCUT2D eigenvalue weighted by molar-refractivity contribution is 9.10. The molecule has 5 nitrogen and oxygen atoms in total. The molecule has 1 aliphatic heterocycles. The van der Waals surface area contributed by atoms with Crippen molar-refractivity contribution in [1.29, 1.82) is 0 Å². The molecule has 1 saturated carbocycles. The molecule has 1 aromatic rings. The van der Waals surface area contributed by atoms with Gasteiger partial charge in [0, 0.05) is 12.1 Å². The normalized spacial score (nSPS) is 25.4. The van der Waals surface area contributed by atoms with Crippen molar-refractivity contribution in [1.82, 2.24) is 4.90 Å². The van der Waals surface area contributed by atoms with Crippen molar-refractivity contribution in [2.75, 3.05) is 11.5 Å². The zero-order chi connectivity index (χ0) is 13.6. The van der Waals surface area contributed by atoms with E-state index in [9.17, 15) is 13.2 Å². The van der Waals surface area contributed by atoms with E-state index in [1.165, 1.54) is 0 Å². The Labute approximate surface area is 120 Å². The molecule has 2 heterocycles. The number of halogens is 1. The number of hydrogen-bond donors (Lipinski definition) is 0. The maximum absolute atomic E-state index is 12.5. The average molecular weight is 348 g/mol. The number of carbonyl (C=O) groups is 1. The Kier molecular flexibility index (Phi) is 3.21. The van der Waals surface area contributed by atoms with Gasteiger partial charge in [-0.05, 0) is 47.3 Å². The van der Waals surface area contributed by atoms with Crippen LogP contribution in [0.5, 0.6) is 0 Å². The largest absolute Gasteiger partial charge is 0.444 e. The summed E-state index contributed by atoms with van der Waals surface area (Å²) in [5.74, 6) is 0.325. The van der Waals surface area contributed by atoms with Crippen molar-refractivity contribution in [2.45, 2.75) is 31.3 Å². The van der Waals surface area contributed by atoms with E-state index in [4.69, 9.17) is 4.42 Å². The van der Waals surface area contributed by atoms with Gasteiger partial charge in [0.2, 0.25) is 0 Å². The van der Waals surface area contributed by atoms with Gasteiger partial charge in [0.1, 0.15) is 0 Å². The van der Waals surface area contributed by atoms with Crippen LogP contribution in [-0.2, 0) is 9.84 Å². The summed E-state index contributed by atoms with van der Waals surface area (Å²) in [4.78, 5) is 14.2. The number of furan rings is 1. The zero-order valence-electron chi connectivity index (χ0n) is 10.2. The van der Waals surface area contributed by atoms with E-state index < -0.39 is 9.84 Å². The van der Waals surface area contributed by atoms with E-state index in [1.54, 1.807) is 17.0 Å².